The molecule has 2 rings (SSSR count). The zero-order chi connectivity index (χ0) is 15.5. The minimum atomic E-state index is -4.60. The van der Waals surface area contributed by atoms with Crippen molar-refractivity contribution in [2.24, 2.45) is 5.11 Å². The van der Waals surface area contributed by atoms with Crippen LogP contribution in [0.5, 0.6) is 11.6 Å². The van der Waals surface area contributed by atoms with Crippen molar-refractivity contribution in [3.63, 3.8) is 0 Å². The van der Waals surface area contributed by atoms with Crippen LogP contribution in [-0.2, 0) is 6.18 Å². The van der Waals surface area contributed by atoms with Gasteiger partial charge >= 0.3 is 6.18 Å². The highest BCUT2D eigenvalue weighted by molar-refractivity contribution is 6.32. The molecule has 0 aliphatic carbocycles. The van der Waals surface area contributed by atoms with Gasteiger partial charge in [0.05, 0.1) is 5.02 Å². The van der Waals surface area contributed by atoms with Crippen LogP contribution >= 0.6 is 11.6 Å². The predicted molar refractivity (Wildman–Crippen MR) is 69.6 cm³/mol. The van der Waals surface area contributed by atoms with Gasteiger partial charge in [0, 0.05) is 16.8 Å². The lowest BCUT2D eigenvalue weighted by Gasteiger charge is -2.13. The molecule has 0 amide bonds. The van der Waals surface area contributed by atoms with Gasteiger partial charge in [0.1, 0.15) is 11.3 Å². The van der Waals surface area contributed by atoms with Crippen molar-refractivity contribution in [3.8, 4) is 11.6 Å². The van der Waals surface area contributed by atoms with E-state index >= 15 is 0 Å². The molecule has 0 spiro atoms. The highest BCUT2D eigenvalue weighted by Gasteiger charge is 2.35. The summed E-state index contributed by atoms with van der Waals surface area (Å²) < 4.78 is 43.5. The maximum atomic E-state index is 12.8. The van der Waals surface area contributed by atoms with Crippen molar-refractivity contribution < 1.29 is 17.9 Å². The molecule has 0 bridgehead atoms. The lowest BCUT2D eigenvalue weighted by molar-refractivity contribution is -0.138. The maximum absolute atomic E-state index is 12.8. The lowest BCUT2D eigenvalue weighted by atomic mass is 10.2. The molecule has 0 atom stereocenters. The van der Waals surface area contributed by atoms with E-state index in [9.17, 15) is 13.2 Å². The van der Waals surface area contributed by atoms with Crippen LogP contribution in [0.25, 0.3) is 10.4 Å². The quantitative estimate of drug-likeness (QED) is 0.427. The second kappa shape index (κ2) is 5.90. The highest BCUT2D eigenvalue weighted by Crippen LogP contribution is 2.38. The number of azide groups is 1. The van der Waals surface area contributed by atoms with Crippen molar-refractivity contribution in [2.75, 3.05) is 0 Å². The normalized spacial score (nSPS) is 10.9. The summed E-state index contributed by atoms with van der Waals surface area (Å²) in [7, 11) is 0. The number of hydrogen-bond donors (Lipinski definition) is 0. The first-order valence-electron chi connectivity index (χ1n) is 5.46. The summed E-state index contributed by atoms with van der Waals surface area (Å²) in [6.45, 7) is 0. The number of halogens is 4. The van der Waals surface area contributed by atoms with Crippen LogP contribution in [0.4, 0.5) is 18.9 Å². The third-order valence-electron chi connectivity index (χ3n) is 2.36. The van der Waals surface area contributed by atoms with Gasteiger partial charge in [-0.3, -0.25) is 0 Å². The molecule has 0 aliphatic rings. The van der Waals surface area contributed by atoms with Crippen LogP contribution < -0.4 is 4.74 Å². The maximum Gasteiger partial charge on any atom is 0.421 e. The number of nitrogens with zero attached hydrogens (tertiary/aromatic N) is 4. The molecule has 2 aromatic rings. The van der Waals surface area contributed by atoms with E-state index in [0.717, 1.165) is 12.1 Å². The fourth-order valence-corrected chi connectivity index (χ4v) is 1.69. The molecule has 5 nitrogen and oxygen atoms in total. The number of aromatic nitrogens is 1. The second-order valence-corrected chi connectivity index (χ2v) is 4.17. The third-order valence-corrected chi connectivity index (χ3v) is 2.65. The molecule has 0 saturated carbocycles. The van der Waals surface area contributed by atoms with Gasteiger partial charge in [-0.2, -0.15) is 13.2 Å². The van der Waals surface area contributed by atoms with E-state index in [1.807, 2.05) is 0 Å². The first kappa shape index (κ1) is 15.0. The van der Waals surface area contributed by atoms with E-state index in [4.69, 9.17) is 21.9 Å². The smallest absolute Gasteiger partial charge is 0.421 e. The van der Waals surface area contributed by atoms with Gasteiger partial charge in [0.25, 0.3) is 0 Å². The van der Waals surface area contributed by atoms with Crippen LogP contribution in [0.3, 0.4) is 0 Å². The first-order chi connectivity index (χ1) is 9.91. The van der Waals surface area contributed by atoms with E-state index in [0.29, 0.717) is 0 Å². The van der Waals surface area contributed by atoms with Crippen molar-refractivity contribution in [2.45, 2.75) is 6.18 Å². The molecule has 0 fully saturated rings. The second-order valence-electron chi connectivity index (χ2n) is 3.76. The van der Waals surface area contributed by atoms with Crippen LogP contribution in [0, 0.1) is 0 Å². The van der Waals surface area contributed by atoms with E-state index in [1.54, 1.807) is 0 Å². The Labute approximate surface area is 121 Å². The molecule has 108 valence electrons. The Hall–Kier alpha value is -2.44. The van der Waals surface area contributed by atoms with Gasteiger partial charge < -0.3 is 4.74 Å². The Kier molecular flexibility index (Phi) is 4.21. The van der Waals surface area contributed by atoms with Crippen molar-refractivity contribution in [3.05, 3.63) is 57.6 Å². The monoisotopic (exact) mass is 314 g/mol. The third kappa shape index (κ3) is 3.56. The summed E-state index contributed by atoms with van der Waals surface area (Å²) in [6.07, 6.45) is -3.42. The molecule has 1 aromatic heterocycles. The van der Waals surface area contributed by atoms with Gasteiger partial charge in [-0.15, -0.1) is 0 Å². The Morgan fingerprint density at radius 3 is 2.67 bits per heavy atom. The van der Waals surface area contributed by atoms with Gasteiger partial charge in [-0.05, 0) is 35.9 Å². The number of pyridine rings is 1. The molecular formula is C12H6ClF3N4O. The summed E-state index contributed by atoms with van der Waals surface area (Å²) in [5.41, 5.74) is 7.49. The molecule has 9 heteroatoms. The molecule has 0 aliphatic heterocycles. The summed E-state index contributed by atoms with van der Waals surface area (Å²) >= 11 is 5.86. The fraction of sp³-hybridized carbons (Fsp3) is 0.0833. The van der Waals surface area contributed by atoms with Gasteiger partial charge in [-0.1, -0.05) is 16.7 Å². The zero-order valence-corrected chi connectivity index (χ0v) is 10.9. The molecule has 1 heterocycles. The summed E-state index contributed by atoms with van der Waals surface area (Å²) in [5.74, 6) is -0.638. The summed E-state index contributed by atoms with van der Waals surface area (Å²) in [4.78, 5) is 6.13. The molecule has 1 aromatic carbocycles. The standard InChI is InChI=1S/C12H6ClF3N4O/c13-9-6-7(19-20-17)3-4-10(9)21-11-8(12(14,15)16)2-1-5-18-11/h1-6H. The van der Waals surface area contributed by atoms with Gasteiger partial charge in [0.2, 0.25) is 5.88 Å². The molecule has 0 N–H and O–H groups in total. The predicted octanol–water partition coefficient (Wildman–Crippen LogP) is 5.49. The van der Waals surface area contributed by atoms with Crippen molar-refractivity contribution >= 4 is 17.3 Å². The number of rotatable bonds is 3. The van der Waals surface area contributed by atoms with Crippen molar-refractivity contribution in [1.29, 1.82) is 0 Å². The topological polar surface area (TPSA) is 70.9 Å². The summed E-state index contributed by atoms with van der Waals surface area (Å²) in [6, 6.07) is 5.93. The average Bonchev–Trinajstić information content (AvgIpc) is 2.42. The van der Waals surface area contributed by atoms with E-state index in [1.165, 1.54) is 24.4 Å². The molecule has 21 heavy (non-hydrogen) atoms. The fourth-order valence-electron chi connectivity index (χ4n) is 1.48. The molecular weight excluding hydrogens is 309 g/mol. The number of ether oxygens (including phenoxy) is 1. The number of benzene rings is 1. The van der Waals surface area contributed by atoms with Crippen LogP contribution in [0.15, 0.2) is 41.6 Å². The lowest BCUT2D eigenvalue weighted by Crippen LogP contribution is -2.08. The van der Waals surface area contributed by atoms with Crippen LogP contribution in [-0.4, -0.2) is 4.98 Å². The summed E-state index contributed by atoms with van der Waals surface area (Å²) in [5, 5.41) is 3.32. The SMILES string of the molecule is [N-]=[N+]=Nc1ccc(Oc2ncccc2C(F)(F)F)c(Cl)c1. The minimum absolute atomic E-state index is 0.00122. The molecule has 0 saturated heterocycles. The Bertz CT molecular complexity index is 714. The molecule has 0 radical (unpaired) electrons. The number of hydrogen-bond acceptors (Lipinski definition) is 3. The Morgan fingerprint density at radius 2 is 2.05 bits per heavy atom. The van der Waals surface area contributed by atoms with Gasteiger partial charge in [0.15, 0.2) is 0 Å². The Morgan fingerprint density at radius 1 is 1.29 bits per heavy atom. The zero-order valence-electron chi connectivity index (χ0n) is 10.2. The number of alkyl halides is 3. The van der Waals surface area contributed by atoms with E-state index in [2.05, 4.69) is 15.0 Å². The Balaban J connectivity index is 2.37. The average molecular weight is 315 g/mol. The van der Waals surface area contributed by atoms with Crippen LogP contribution in [0.2, 0.25) is 5.02 Å². The highest BCUT2D eigenvalue weighted by atomic mass is 35.5. The minimum Gasteiger partial charge on any atom is -0.437 e. The van der Waals surface area contributed by atoms with E-state index < -0.39 is 17.6 Å². The largest absolute Gasteiger partial charge is 0.437 e. The molecule has 0 unspecified atom stereocenters. The van der Waals surface area contributed by atoms with Crippen LogP contribution in [0.1, 0.15) is 5.56 Å². The first-order valence-corrected chi connectivity index (χ1v) is 5.84. The van der Waals surface area contributed by atoms with Gasteiger partial charge in [-0.25, -0.2) is 4.98 Å². The van der Waals surface area contributed by atoms with E-state index in [-0.39, 0.29) is 16.5 Å². The van der Waals surface area contributed by atoms with Crippen molar-refractivity contribution in [1.82, 2.24) is 4.98 Å².